The maximum absolute atomic E-state index is 11.8. The number of fused-ring (bicyclic) bond motifs is 4. The molecule has 124 valence electrons. The number of hydrogen-bond donors (Lipinski definition) is 0. The van der Waals surface area contributed by atoms with Crippen molar-refractivity contribution in [1.29, 1.82) is 0 Å². The van der Waals surface area contributed by atoms with Crippen LogP contribution in [0.3, 0.4) is 0 Å². The molecule has 0 unspecified atom stereocenters. The molecule has 1 aromatic heterocycles. The van der Waals surface area contributed by atoms with Crippen molar-refractivity contribution >= 4 is 38.4 Å². The van der Waals surface area contributed by atoms with E-state index in [2.05, 4.69) is 0 Å². The zero-order valence-electron chi connectivity index (χ0n) is 13.7. The second kappa shape index (κ2) is 5.43. The third-order valence-corrected chi connectivity index (χ3v) is 4.78. The molecule has 0 aliphatic rings. The number of furan rings is 1. The summed E-state index contributed by atoms with van der Waals surface area (Å²) in [4.78, 5) is 11.4. The van der Waals surface area contributed by atoms with Gasteiger partial charge in [0.05, 0.1) is 10.5 Å². The molecule has 5 aromatic rings. The first-order valence-electron chi connectivity index (χ1n) is 8.31. The number of rotatable bonds is 2. The average Bonchev–Trinajstić information content (AvgIpc) is 3.05. The minimum atomic E-state index is -0.317. The Morgan fingerprint density at radius 1 is 0.731 bits per heavy atom. The van der Waals surface area contributed by atoms with E-state index in [4.69, 9.17) is 4.42 Å². The SMILES string of the molecule is O=[N+]([O-])c1ccc2ccccc2c1-c1cccc2oc3ccccc3c12. The van der Waals surface area contributed by atoms with E-state index in [1.165, 1.54) is 0 Å². The molecule has 0 bridgehead atoms. The van der Waals surface area contributed by atoms with Gasteiger partial charge in [-0.1, -0.05) is 54.6 Å². The van der Waals surface area contributed by atoms with Crippen LogP contribution in [-0.4, -0.2) is 4.92 Å². The van der Waals surface area contributed by atoms with Crippen molar-refractivity contribution in [3.8, 4) is 11.1 Å². The van der Waals surface area contributed by atoms with Crippen molar-refractivity contribution in [1.82, 2.24) is 0 Å². The first-order chi connectivity index (χ1) is 12.7. The van der Waals surface area contributed by atoms with E-state index in [1.54, 1.807) is 12.1 Å². The van der Waals surface area contributed by atoms with Crippen molar-refractivity contribution in [2.24, 2.45) is 0 Å². The number of nitro benzene ring substituents is 1. The fourth-order valence-electron chi connectivity index (χ4n) is 3.68. The molecule has 0 N–H and O–H groups in total. The standard InChI is InChI=1S/C22H13NO3/c24-23(25)18-13-12-14-6-1-2-7-15(14)21(18)17-9-5-11-20-22(17)16-8-3-4-10-19(16)26-20/h1-13H. The predicted octanol–water partition coefficient (Wildman–Crippen LogP) is 6.31. The maximum Gasteiger partial charge on any atom is 0.277 e. The zero-order chi connectivity index (χ0) is 17.7. The Hall–Kier alpha value is -3.66. The highest BCUT2D eigenvalue weighted by Gasteiger charge is 2.22. The normalized spacial score (nSPS) is 11.4. The van der Waals surface area contributed by atoms with Gasteiger partial charge in [-0.3, -0.25) is 10.1 Å². The minimum Gasteiger partial charge on any atom is -0.456 e. The van der Waals surface area contributed by atoms with Gasteiger partial charge >= 0.3 is 0 Å². The monoisotopic (exact) mass is 339 g/mol. The highest BCUT2D eigenvalue weighted by atomic mass is 16.6. The molecule has 0 atom stereocenters. The molecule has 0 saturated heterocycles. The molecule has 1 heterocycles. The quantitative estimate of drug-likeness (QED) is 0.279. The Bertz CT molecular complexity index is 1320. The largest absolute Gasteiger partial charge is 0.456 e. The fourth-order valence-corrected chi connectivity index (χ4v) is 3.68. The van der Waals surface area contributed by atoms with E-state index in [0.717, 1.165) is 38.3 Å². The molecule has 0 saturated carbocycles. The first kappa shape index (κ1) is 14.7. The van der Waals surface area contributed by atoms with Gasteiger partial charge in [0.25, 0.3) is 5.69 Å². The molecule has 26 heavy (non-hydrogen) atoms. The van der Waals surface area contributed by atoms with Crippen molar-refractivity contribution in [2.75, 3.05) is 0 Å². The number of benzene rings is 4. The summed E-state index contributed by atoms with van der Waals surface area (Å²) in [6.07, 6.45) is 0. The molecule has 0 amide bonds. The third kappa shape index (κ3) is 2.02. The molecule has 0 aliphatic carbocycles. The van der Waals surface area contributed by atoms with Gasteiger partial charge in [0.2, 0.25) is 0 Å². The summed E-state index contributed by atoms with van der Waals surface area (Å²) < 4.78 is 5.96. The molecule has 0 aliphatic heterocycles. The van der Waals surface area contributed by atoms with Gasteiger partial charge in [0, 0.05) is 22.4 Å². The Kier molecular flexibility index (Phi) is 3.06. The summed E-state index contributed by atoms with van der Waals surface area (Å²) in [7, 11) is 0. The van der Waals surface area contributed by atoms with Crippen LogP contribution < -0.4 is 0 Å². The van der Waals surface area contributed by atoms with Crippen molar-refractivity contribution in [2.45, 2.75) is 0 Å². The van der Waals surface area contributed by atoms with Crippen molar-refractivity contribution in [3.05, 3.63) is 89.0 Å². The number of hydrogen-bond acceptors (Lipinski definition) is 3. The van der Waals surface area contributed by atoms with Crippen molar-refractivity contribution < 1.29 is 9.34 Å². The molecular formula is C22H13NO3. The van der Waals surface area contributed by atoms with Crippen LogP contribution in [0.1, 0.15) is 0 Å². The zero-order valence-corrected chi connectivity index (χ0v) is 13.7. The lowest BCUT2D eigenvalue weighted by Crippen LogP contribution is -1.93. The Morgan fingerprint density at radius 2 is 1.46 bits per heavy atom. The lowest BCUT2D eigenvalue weighted by Gasteiger charge is -2.09. The van der Waals surface area contributed by atoms with Crippen LogP contribution in [0, 0.1) is 10.1 Å². The Balaban J connectivity index is 2.01. The third-order valence-electron chi connectivity index (χ3n) is 4.78. The van der Waals surface area contributed by atoms with Crippen molar-refractivity contribution in [3.63, 3.8) is 0 Å². The van der Waals surface area contributed by atoms with Gasteiger partial charge in [0.15, 0.2) is 0 Å². The van der Waals surface area contributed by atoms with Gasteiger partial charge in [-0.15, -0.1) is 0 Å². The van der Waals surface area contributed by atoms with E-state index in [-0.39, 0.29) is 10.6 Å². The van der Waals surface area contributed by atoms with Crippen LogP contribution in [0.2, 0.25) is 0 Å². The van der Waals surface area contributed by atoms with E-state index in [1.807, 2.05) is 66.7 Å². The van der Waals surface area contributed by atoms with Gasteiger partial charge in [-0.25, -0.2) is 0 Å². The van der Waals surface area contributed by atoms with Gasteiger partial charge in [0.1, 0.15) is 11.2 Å². The smallest absolute Gasteiger partial charge is 0.277 e. The molecule has 5 rings (SSSR count). The first-order valence-corrected chi connectivity index (χ1v) is 8.31. The van der Waals surface area contributed by atoms with E-state index in [0.29, 0.717) is 5.56 Å². The Labute approximate surface area is 148 Å². The lowest BCUT2D eigenvalue weighted by atomic mass is 9.93. The summed E-state index contributed by atoms with van der Waals surface area (Å²) >= 11 is 0. The van der Waals surface area contributed by atoms with Crippen LogP contribution in [0.25, 0.3) is 43.8 Å². The summed E-state index contributed by atoms with van der Waals surface area (Å²) in [6.45, 7) is 0. The van der Waals surface area contributed by atoms with Crippen LogP contribution in [0.4, 0.5) is 5.69 Å². The minimum absolute atomic E-state index is 0.0986. The summed E-state index contributed by atoms with van der Waals surface area (Å²) in [5, 5.41) is 15.5. The van der Waals surface area contributed by atoms with E-state index >= 15 is 0 Å². The molecule has 4 aromatic carbocycles. The number of para-hydroxylation sites is 1. The topological polar surface area (TPSA) is 56.3 Å². The van der Waals surface area contributed by atoms with Gasteiger partial charge in [-0.2, -0.15) is 0 Å². The van der Waals surface area contributed by atoms with E-state index < -0.39 is 0 Å². The van der Waals surface area contributed by atoms with Crippen LogP contribution in [0.5, 0.6) is 0 Å². The second-order valence-electron chi connectivity index (χ2n) is 6.21. The Morgan fingerprint density at radius 3 is 2.31 bits per heavy atom. The number of nitrogens with zero attached hydrogens (tertiary/aromatic N) is 1. The summed E-state index contributed by atoms with van der Waals surface area (Å²) in [6, 6.07) is 24.6. The molecule has 0 spiro atoms. The maximum atomic E-state index is 11.8. The highest BCUT2D eigenvalue weighted by molar-refractivity contribution is 6.16. The molecular weight excluding hydrogens is 326 g/mol. The summed E-state index contributed by atoms with van der Waals surface area (Å²) in [5.74, 6) is 0. The fraction of sp³-hybridized carbons (Fsp3) is 0. The molecule has 0 fully saturated rings. The van der Waals surface area contributed by atoms with Gasteiger partial charge in [-0.05, 0) is 29.0 Å². The predicted molar refractivity (Wildman–Crippen MR) is 103 cm³/mol. The molecule has 4 heteroatoms. The van der Waals surface area contributed by atoms with Crippen LogP contribution in [0.15, 0.2) is 83.3 Å². The van der Waals surface area contributed by atoms with Crippen LogP contribution >= 0.6 is 0 Å². The molecule has 4 nitrogen and oxygen atoms in total. The highest BCUT2D eigenvalue weighted by Crippen LogP contribution is 2.43. The second-order valence-corrected chi connectivity index (χ2v) is 6.21. The number of nitro groups is 1. The van der Waals surface area contributed by atoms with Crippen LogP contribution in [-0.2, 0) is 0 Å². The summed E-state index contributed by atoms with van der Waals surface area (Å²) in [5.41, 5.74) is 3.05. The lowest BCUT2D eigenvalue weighted by molar-refractivity contribution is -0.384. The molecule has 0 radical (unpaired) electrons. The van der Waals surface area contributed by atoms with Gasteiger partial charge < -0.3 is 4.42 Å². The van der Waals surface area contributed by atoms with E-state index in [9.17, 15) is 10.1 Å². The average molecular weight is 339 g/mol.